The van der Waals surface area contributed by atoms with Crippen molar-refractivity contribution in [1.82, 2.24) is 15.6 Å². The molecule has 0 aliphatic heterocycles. The standard InChI is InChI=1S/C21H30N4O2.HI/c1-6-22-21(23-12-11-17-9-7-8-10-19(17)26-4)25-14-18-16(3)20(27-5)15(2)13-24-18;/h7-10,13H,6,11-12,14H2,1-5H3,(H2,22,23,25);1H. The van der Waals surface area contributed by atoms with Gasteiger partial charge in [-0.1, -0.05) is 18.2 Å². The number of ether oxygens (including phenoxy) is 2. The first-order chi connectivity index (χ1) is 13.1. The minimum absolute atomic E-state index is 0. The Kier molecular flexibility index (Phi) is 10.7. The van der Waals surface area contributed by atoms with Crippen molar-refractivity contribution in [1.29, 1.82) is 0 Å². The van der Waals surface area contributed by atoms with Crippen LogP contribution >= 0.6 is 24.0 Å². The molecule has 0 spiro atoms. The molecule has 1 aromatic carbocycles. The lowest BCUT2D eigenvalue weighted by molar-refractivity contribution is 0.407. The molecule has 0 fully saturated rings. The summed E-state index contributed by atoms with van der Waals surface area (Å²) in [4.78, 5) is 9.18. The molecule has 0 amide bonds. The molecule has 2 rings (SSSR count). The Bertz CT molecular complexity index is 781. The predicted molar refractivity (Wildman–Crippen MR) is 125 cm³/mol. The van der Waals surface area contributed by atoms with E-state index >= 15 is 0 Å². The third kappa shape index (κ3) is 6.54. The number of methoxy groups -OCH3 is 2. The Balaban J connectivity index is 0.00000392. The van der Waals surface area contributed by atoms with Crippen LogP contribution in [0.4, 0.5) is 0 Å². The fraction of sp³-hybridized carbons (Fsp3) is 0.429. The lowest BCUT2D eigenvalue weighted by Gasteiger charge is -2.14. The number of aryl methyl sites for hydroxylation is 1. The molecule has 0 radical (unpaired) electrons. The van der Waals surface area contributed by atoms with Gasteiger partial charge in [-0.05, 0) is 38.8 Å². The van der Waals surface area contributed by atoms with Gasteiger partial charge in [-0.2, -0.15) is 0 Å². The highest BCUT2D eigenvalue weighted by molar-refractivity contribution is 14.0. The Morgan fingerprint density at radius 1 is 1.11 bits per heavy atom. The Labute approximate surface area is 185 Å². The monoisotopic (exact) mass is 498 g/mol. The molecule has 0 atom stereocenters. The number of hydrogen-bond acceptors (Lipinski definition) is 4. The smallest absolute Gasteiger partial charge is 0.191 e. The van der Waals surface area contributed by atoms with Gasteiger partial charge in [-0.25, -0.2) is 4.99 Å². The van der Waals surface area contributed by atoms with E-state index < -0.39 is 0 Å². The molecule has 154 valence electrons. The van der Waals surface area contributed by atoms with Crippen LogP contribution in [0.25, 0.3) is 0 Å². The summed E-state index contributed by atoms with van der Waals surface area (Å²) < 4.78 is 10.9. The van der Waals surface area contributed by atoms with Crippen LogP contribution in [0.3, 0.4) is 0 Å². The molecule has 7 heteroatoms. The molecule has 6 nitrogen and oxygen atoms in total. The highest BCUT2D eigenvalue weighted by Gasteiger charge is 2.09. The van der Waals surface area contributed by atoms with Crippen molar-refractivity contribution >= 4 is 29.9 Å². The fourth-order valence-corrected chi connectivity index (χ4v) is 2.95. The Morgan fingerprint density at radius 2 is 1.86 bits per heavy atom. The van der Waals surface area contributed by atoms with Gasteiger partial charge < -0.3 is 20.1 Å². The van der Waals surface area contributed by atoms with E-state index in [0.29, 0.717) is 6.54 Å². The maximum Gasteiger partial charge on any atom is 0.191 e. The van der Waals surface area contributed by atoms with Gasteiger partial charge >= 0.3 is 0 Å². The van der Waals surface area contributed by atoms with E-state index in [1.807, 2.05) is 38.2 Å². The lowest BCUT2D eigenvalue weighted by Crippen LogP contribution is -2.38. The highest BCUT2D eigenvalue weighted by Crippen LogP contribution is 2.24. The maximum absolute atomic E-state index is 5.47. The van der Waals surface area contributed by atoms with Crippen LogP contribution in [-0.4, -0.2) is 38.3 Å². The second-order valence-corrected chi connectivity index (χ2v) is 6.23. The number of aliphatic imine (C=N–C) groups is 1. The summed E-state index contributed by atoms with van der Waals surface area (Å²) in [5.74, 6) is 2.56. The zero-order valence-corrected chi connectivity index (χ0v) is 19.7. The third-order valence-electron chi connectivity index (χ3n) is 4.36. The number of para-hydroxylation sites is 1. The van der Waals surface area contributed by atoms with Crippen LogP contribution in [0.5, 0.6) is 11.5 Å². The van der Waals surface area contributed by atoms with Gasteiger partial charge in [0.1, 0.15) is 11.5 Å². The normalized spacial score (nSPS) is 10.8. The molecule has 2 N–H and O–H groups in total. The first-order valence-electron chi connectivity index (χ1n) is 9.23. The predicted octanol–water partition coefficient (Wildman–Crippen LogP) is 3.63. The molecule has 0 aliphatic carbocycles. The van der Waals surface area contributed by atoms with Crippen molar-refractivity contribution in [3.05, 3.63) is 52.8 Å². The zero-order chi connectivity index (χ0) is 19.6. The Morgan fingerprint density at radius 3 is 2.54 bits per heavy atom. The highest BCUT2D eigenvalue weighted by atomic mass is 127. The summed E-state index contributed by atoms with van der Waals surface area (Å²) in [6.45, 7) is 8.11. The summed E-state index contributed by atoms with van der Waals surface area (Å²) in [6, 6.07) is 8.06. The summed E-state index contributed by atoms with van der Waals surface area (Å²) in [5, 5.41) is 6.65. The van der Waals surface area contributed by atoms with Crippen LogP contribution in [0.15, 0.2) is 35.5 Å². The first-order valence-corrected chi connectivity index (χ1v) is 9.23. The molecule has 28 heavy (non-hydrogen) atoms. The van der Waals surface area contributed by atoms with E-state index in [4.69, 9.17) is 9.47 Å². The van der Waals surface area contributed by atoms with Crippen molar-refractivity contribution in [3.8, 4) is 11.5 Å². The summed E-state index contributed by atoms with van der Waals surface area (Å²) in [7, 11) is 3.38. The molecule has 0 saturated carbocycles. The number of rotatable bonds is 8. The largest absolute Gasteiger partial charge is 0.496 e. The van der Waals surface area contributed by atoms with Crippen molar-refractivity contribution in [2.24, 2.45) is 4.99 Å². The molecular formula is C21H31IN4O2. The second-order valence-electron chi connectivity index (χ2n) is 6.23. The van der Waals surface area contributed by atoms with Gasteiger partial charge in [-0.3, -0.25) is 4.98 Å². The minimum atomic E-state index is 0. The lowest BCUT2D eigenvalue weighted by atomic mass is 10.1. The van der Waals surface area contributed by atoms with Crippen LogP contribution in [0.1, 0.15) is 29.3 Å². The maximum atomic E-state index is 5.47. The van der Waals surface area contributed by atoms with Crippen molar-refractivity contribution in [3.63, 3.8) is 0 Å². The number of guanidine groups is 1. The van der Waals surface area contributed by atoms with Crippen LogP contribution < -0.4 is 20.1 Å². The summed E-state index contributed by atoms with van der Waals surface area (Å²) in [5.41, 5.74) is 4.15. The first kappa shape index (κ1) is 24.0. The molecule has 0 unspecified atom stereocenters. The van der Waals surface area contributed by atoms with E-state index in [2.05, 4.69) is 33.6 Å². The average molecular weight is 498 g/mol. The number of hydrogen-bond donors (Lipinski definition) is 2. The number of pyridine rings is 1. The third-order valence-corrected chi connectivity index (χ3v) is 4.36. The van der Waals surface area contributed by atoms with Gasteiger partial charge in [-0.15, -0.1) is 24.0 Å². The second kappa shape index (κ2) is 12.4. The van der Waals surface area contributed by atoms with Gasteiger partial charge in [0, 0.05) is 30.4 Å². The molecule has 0 aliphatic rings. The van der Waals surface area contributed by atoms with Crippen LogP contribution in [-0.2, 0) is 13.0 Å². The topological polar surface area (TPSA) is 67.8 Å². The van der Waals surface area contributed by atoms with Crippen molar-refractivity contribution in [2.45, 2.75) is 33.7 Å². The molecule has 2 aromatic rings. The number of benzene rings is 1. The van der Waals surface area contributed by atoms with Gasteiger partial charge in [0.2, 0.25) is 0 Å². The molecule has 1 heterocycles. The quantitative estimate of drug-likeness (QED) is 0.331. The fourth-order valence-electron chi connectivity index (χ4n) is 2.95. The number of nitrogens with one attached hydrogen (secondary N) is 2. The average Bonchev–Trinajstić information content (AvgIpc) is 2.68. The molecule has 1 aromatic heterocycles. The molecular weight excluding hydrogens is 467 g/mol. The van der Waals surface area contributed by atoms with Gasteiger partial charge in [0.15, 0.2) is 5.96 Å². The molecule has 0 bridgehead atoms. The summed E-state index contributed by atoms with van der Waals surface area (Å²) >= 11 is 0. The van der Waals surface area contributed by atoms with Crippen molar-refractivity contribution in [2.75, 3.05) is 27.3 Å². The number of halogens is 1. The Hall–Kier alpha value is -2.03. The minimum Gasteiger partial charge on any atom is -0.496 e. The summed E-state index contributed by atoms with van der Waals surface area (Å²) in [6.07, 6.45) is 2.68. The van der Waals surface area contributed by atoms with Crippen LogP contribution in [0, 0.1) is 13.8 Å². The van der Waals surface area contributed by atoms with E-state index in [0.717, 1.165) is 53.8 Å². The number of aromatic nitrogens is 1. The van der Waals surface area contributed by atoms with Crippen LogP contribution in [0.2, 0.25) is 0 Å². The van der Waals surface area contributed by atoms with Gasteiger partial charge in [0.25, 0.3) is 0 Å². The van der Waals surface area contributed by atoms with Crippen molar-refractivity contribution < 1.29 is 9.47 Å². The molecule has 0 saturated heterocycles. The van der Waals surface area contributed by atoms with E-state index in [1.54, 1.807) is 14.2 Å². The zero-order valence-electron chi connectivity index (χ0n) is 17.3. The SMILES string of the molecule is CCNC(=NCc1ncc(C)c(OC)c1C)NCCc1ccccc1OC.I. The van der Waals surface area contributed by atoms with E-state index in [9.17, 15) is 0 Å². The van der Waals surface area contributed by atoms with Gasteiger partial charge in [0.05, 0.1) is 26.5 Å². The van der Waals surface area contributed by atoms with E-state index in [-0.39, 0.29) is 24.0 Å². The number of nitrogens with zero attached hydrogens (tertiary/aromatic N) is 2. The van der Waals surface area contributed by atoms with E-state index in [1.165, 1.54) is 5.56 Å².